The maximum Gasteiger partial charge on any atom is 0.303 e. The number of carbonyl (C=O) groups is 1. The summed E-state index contributed by atoms with van der Waals surface area (Å²) in [5.74, 6) is -0.752. The van der Waals surface area contributed by atoms with E-state index in [1.54, 1.807) is 12.1 Å². The molecule has 5 nitrogen and oxygen atoms in total. The number of aromatic hydroxyl groups is 2. The van der Waals surface area contributed by atoms with Crippen LogP contribution in [-0.4, -0.2) is 39.8 Å². The van der Waals surface area contributed by atoms with Crippen LogP contribution in [-0.2, 0) is 4.79 Å². The van der Waals surface area contributed by atoms with Gasteiger partial charge in [-0.1, -0.05) is 0 Å². The van der Waals surface area contributed by atoms with Gasteiger partial charge in [0.2, 0.25) is 0 Å². The molecule has 18 heavy (non-hydrogen) atoms. The number of benzene rings is 1. The van der Waals surface area contributed by atoms with Crippen molar-refractivity contribution in [2.45, 2.75) is 25.8 Å². The van der Waals surface area contributed by atoms with Gasteiger partial charge in [-0.3, -0.25) is 9.69 Å². The van der Waals surface area contributed by atoms with Crippen molar-refractivity contribution in [3.05, 3.63) is 23.8 Å². The Hall–Kier alpha value is -1.75. The van der Waals surface area contributed by atoms with E-state index in [1.807, 2.05) is 18.9 Å². The standard InChI is InChI=1S/C13H19NO4/c1-9(14(2)5-3-4-13(17)18)10-6-11(15)8-12(16)7-10/h6-9,15-16H,3-5H2,1-2H3,(H,17,18). The first-order chi connectivity index (χ1) is 8.40. The predicted octanol–water partition coefficient (Wildman–Crippen LogP) is 1.96. The molecule has 0 saturated heterocycles. The number of hydrogen-bond acceptors (Lipinski definition) is 4. The van der Waals surface area contributed by atoms with Gasteiger partial charge in [0.1, 0.15) is 11.5 Å². The largest absolute Gasteiger partial charge is 0.508 e. The minimum absolute atomic E-state index is 0.00297. The number of carboxylic acids is 1. The molecule has 1 unspecified atom stereocenters. The van der Waals surface area contributed by atoms with E-state index in [1.165, 1.54) is 6.07 Å². The van der Waals surface area contributed by atoms with E-state index in [0.29, 0.717) is 13.0 Å². The first-order valence-corrected chi connectivity index (χ1v) is 5.85. The first kappa shape index (κ1) is 14.3. The highest BCUT2D eigenvalue weighted by Crippen LogP contribution is 2.27. The minimum Gasteiger partial charge on any atom is -0.508 e. The third-order valence-electron chi connectivity index (χ3n) is 2.97. The summed E-state index contributed by atoms with van der Waals surface area (Å²) in [7, 11) is 1.88. The summed E-state index contributed by atoms with van der Waals surface area (Å²) in [6.45, 7) is 2.58. The Bertz CT molecular complexity index is 399. The maximum absolute atomic E-state index is 10.4. The van der Waals surface area contributed by atoms with Gasteiger partial charge in [-0.15, -0.1) is 0 Å². The van der Waals surface area contributed by atoms with Crippen molar-refractivity contribution in [1.82, 2.24) is 4.90 Å². The van der Waals surface area contributed by atoms with Crippen molar-refractivity contribution < 1.29 is 20.1 Å². The molecule has 0 aliphatic heterocycles. The van der Waals surface area contributed by atoms with Gasteiger partial charge in [-0.2, -0.15) is 0 Å². The lowest BCUT2D eigenvalue weighted by Gasteiger charge is -2.25. The Morgan fingerprint density at radius 2 is 1.83 bits per heavy atom. The van der Waals surface area contributed by atoms with Crippen LogP contribution in [0.3, 0.4) is 0 Å². The molecule has 0 spiro atoms. The summed E-state index contributed by atoms with van der Waals surface area (Å²) < 4.78 is 0. The van der Waals surface area contributed by atoms with Gasteiger partial charge in [0.05, 0.1) is 0 Å². The fourth-order valence-corrected chi connectivity index (χ4v) is 1.79. The zero-order chi connectivity index (χ0) is 13.7. The molecule has 0 aromatic heterocycles. The van der Waals surface area contributed by atoms with Crippen molar-refractivity contribution in [2.75, 3.05) is 13.6 Å². The highest BCUT2D eigenvalue weighted by molar-refractivity contribution is 5.66. The van der Waals surface area contributed by atoms with E-state index in [-0.39, 0.29) is 24.0 Å². The van der Waals surface area contributed by atoms with Crippen molar-refractivity contribution in [3.8, 4) is 11.5 Å². The molecule has 5 heteroatoms. The van der Waals surface area contributed by atoms with Gasteiger partial charge < -0.3 is 15.3 Å². The zero-order valence-electron chi connectivity index (χ0n) is 10.6. The van der Waals surface area contributed by atoms with Crippen LogP contribution in [0.5, 0.6) is 11.5 Å². The average molecular weight is 253 g/mol. The summed E-state index contributed by atoms with van der Waals surface area (Å²) in [5, 5.41) is 27.4. The monoisotopic (exact) mass is 253 g/mol. The van der Waals surface area contributed by atoms with Crippen LogP contribution in [0.4, 0.5) is 0 Å². The Morgan fingerprint density at radius 3 is 2.33 bits per heavy atom. The van der Waals surface area contributed by atoms with E-state index in [9.17, 15) is 15.0 Å². The molecule has 0 heterocycles. The molecule has 3 N–H and O–H groups in total. The van der Waals surface area contributed by atoms with Crippen LogP contribution in [0.15, 0.2) is 18.2 Å². The molecule has 1 aromatic carbocycles. The van der Waals surface area contributed by atoms with E-state index in [0.717, 1.165) is 5.56 Å². The molecule has 1 rings (SSSR count). The normalized spacial score (nSPS) is 12.6. The molecule has 0 aliphatic carbocycles. The number of hydrogen-bond donors (Lipinski definition) is 3. The van der Waals surface area contributed by atoms with E-state index >= 15 is 0 Å². The number of phenolic OH excluding ortho intramolecular Hbond substituents is 2. The molecule has 0 saturated carbocycles. The third-order valence-corrected chi connectivity index (χ3v) is 2.97. The smallest absolute Gasteiger partial charge is 0.303 e. The number of carboxylic acid groups (broad SMARTS) is 1. The summed E-state index contributed by atoms with van der Waals surface area (Å²) in [6, 6.07) is 4.47. The Kier molecular flexibility index (Phi) is 4.97. The Balaban J connectivity index is 2.62. The van der Waals surface area contributed by atoms with Gasteiger partial charge in [-0.25, -0.2) is 0 Å². The lowest BCUT2D eigenvalue weighted by molar-refractivity contribution is -0.137. The van der Waals surface area contributed by atoms with Crippen LogP contribution < -0.4 is 0 Å². The fourth-order valence-electron chi connectivity index (χ4n) is 1.79. The van der Waals surface area contributed by atoms with Gasteiger partial charge in [0.15, 0.2) is 0 Å². The van der Waals surface area contributed by atoms with E-state index in [2.05, 4.69) is 0 Å². The van der Waals surface area contributed by atoms with E-state index in [4.69, 9.17) is 5.11 Å². The van der Waals surface area contributed by atoms with Gasteiger partial charge in [0.25, 0.3) is 0 Å². The van der Waals surface area contributed by atoms with Crippen LogP contribution in [0.2, 0.25) is 0 Å². The molecule has 1 aromatic rings. The second-order valence-corrected chi connectivity index (χ2v) is 4.44. The second-order valence-electron chi connectivity index (χ2n) is 4.44. The highest BCUT2D eigenvalue weighted by Gasteiger charge is 2.13. The van der Waals surface area contributed by atoms with Crippen molar-refractivity contribution in [1.29, 1.82) is 0 Å². The molecule has 0 radical (unpaired) electrons. The predicted molar refractivity (Wildman–Crippen MR) is 67.7 cm³/mol. The summed E-state index contributed by atoms with van der Waals surface area (Å²) in [6.07, 6.45) is 0.712. The summed E-state index contributed by atoms with van der Waals surface area (Å²) >= 11 is 0. The quantitative estimate of drug-likeness (QED) is 0.722. The van der Waals surface area contributed by atoms with Crippen LogP contribution in [0.25, 0.3) is 0 Å². The lowest BCUT2D eigenvalue weighted by atomic mass is 10.1. The average Bonchev–Trinajstić information content (AvgIpc) is 2.26. The number of phenols is 2. The minimum atomic E-state index is -0.800. The zero-order valence-corrected chi connectivity index (χ0v) is 10.6. The second kappa shape index (κ2) is 6.26. The summed E-state index contributed by atoms with van der Waals surface area (Å²) in [5.41, 5.74) is 0.797. The Morgan fingerprint density at radius 1 is 1.28 bits per heavy atom. The molecule has 0 bridgehead atoms. The van der Waals surface area contributed by atoms with E-state index < -0.39 is 5.97 Å². The molecular formula is C13H19NO4. The van der Waals surface area contributed by atoms with Crippen molar-refractivity contribution >= 4 is 5.97 Å². The highest BCUT2D eigenvalue weighted by atomic mass is 16.4. The number of aliphatic carboxylic acids is 1. The van der Waals surface area contributed by atoms with Gasteiger partial charge >= 0.3 is 5.97 Å². The van der Waals surface area contributed by atoms with Crippen LogP contribution in [0.1, 0.15) is 31.4 Å². The first-order valence-electron chi connectivity index (χ1n) is 5.85. The molecule has 0 aliphatic rings. The molecule has 100 valence electrons. The van der Waals surface area contributed by atoms with Crippen LogP contribution >= 0.6 is 0 Å². The summed E-state index contributed by atoms with van der Waals surface area (Å²) in [4.78, 5) is 12.4. The molecule has 0 fully saturated rings. The molecule has 0 amide bonds. The van der Waals surface area contributed by atoms with Crippen molar-refractivity contribution in [2.24, 2.45) is 0 Å². The van der Waals surface area contributed by atoms with Crippen LogP contribution in [0, 0.1) is 0 Å². The number of nitrogens with zero attached hydrogens (tertiary/aromatic N) is 1. The number of rotatable bonds is 6. The third kappa shape index (κ3) is 4.25. The van der Waals surface area contributed by atoms with Gasteiger partial charge in [-0.05, 0) is 44.6 Å². The topological polar surface area (TPSA) is 81.0 Å². The molecule has 1 atom stereocenters. The lowest BCUT2D eigenvalue weighted by Crippen LogP contribution is -2.24. The maximum atomic E-state index is 10.4. The van der Waals surface area contributed by atoms with Gasteiger partial charge in [0, 0.05) is 18.5 Å². The van der Waals surface area contributed by atoms with Crippen molar-refractivity contribution in [3.63, 3.8) is 0 Å². The SMILES string of the molecule is CC(c1cc(O)cc(O)c1)N(C)CCCC(=O)O. The molecular weight excluding hydrogens is 234 g/mol. The fraction of sp³-hybridized carbons (Fsp3) is 0.462. The Labute approximate surface area is 106 Å².